The maximum Gasteiger partial charge on any atom is 0.416 e. The van der Waals surface area contributed by atoms with Gasteiger partial charge in [0.2, 0.25) is 5.91 Å². The number of halogens is 3. The van der Waals surface area contributed by atoms with Gasteiger partial charge in [-0.25, -0.2) is 4.98 Å². The van der Waals surface area contributed by atoms with Crippen LogP contribution in [0.1, 0.15) is 48.1 Å². The quantitative estimate of drug-likeness (QED) is 0.317. The van der Waals surface area contributed by atoms with Gasteiger partial charge in [0.1, 0.15) is 5.82 Å². The Hall–Kier alpha value is -3.76. The predicted octanol–water partition coefficient (Wildman–Crippen LogP) is 6.15. The smallest absolute Gasteiger partial charge is 0.340 e. The average Bonchev–Trinajstić information content (AvgIpc) is 3.00. The Kier molecular flexibility index (Phi) is 9.77. The molecule has 0 atom stereocenters. The standard InChI is InChI=1S/C33H39F3N6O/c1-24-21-28(11-16-37-24)39-31-9-5-26(22-38-31)23-42(30-14-19-41(20-15-30)29-12-17-40(2)18-13-29)32(43)10-6-25-3-7-27(8-4-25)33(34,35)36/h3-11,16,21-22,29-30H,12-15,17-20,23H2,1-2H3,(H,37,38,39)/b10-6+. The van der Waals surface area contributed by atoms with E-state index >= 15 is 0 Å². The van der Waals surface area contributed by atoms with Crippen molar-refractivity contribution in [1.82, 2.24) is 24.7 Å². The van der Waals surface area contributed by atoms with E-state index in [1.54, 1.807) is 18.5 Å². The van der Waals surface area contributed by atoms with E-state index in [1.165, 1.54) is 31.1 Å². The fourth-order valence-corrected chi connectivity index (χ4v) is 5.92. The fraction of sp³-hybridized carbons (Fsp3) is 0.424. The molecule has 2 aliphatic rings. The number of aryl methyl sites for hydroxylation is 1. The lowest BCUT2D eigenvalue weighted by Crippen LogP contribution is -2.51. The molecule has 43 heavy (non-hydrogen) atoms. The molecule has 2 fully saturated rings. The second-order valence-electron chi connectivity index (χ2n) is 11.6. The van der Waals surface area contributed by atoms with E-state index in [1.807, 2.05) is 36.1 Å². The van der Waals surface area contributed by atoms with Crippen LogP contribution in [-0.2, 0) is 17.5 Å². The minimum atomic E-state index is -4.40. The second kappa shape index (κ2) is 13.7. The molecule has 0 aliphatic carbocycles. The Morgan fingerprint density at radius 2 is 1.72 bits per heavy atom. The Balaban J connectivity index is 1.28. The molecule has 228 valence electrons. The molecular formula is C33H39F3N6O. The van der Waals surface area contributed by atoms with Crippen molar-refractivity contribution in [3.05, 3.63) is 89.4 Å². The first-order valence-electron chi connectivity index (χ1n) is 14.9. The number of hydrogen-bond donors (Lipinski definition) is 1. The number of anilines is 2. The highest BCUT2D eigenvalue weighted by Crippen LogP contribution is 2.29. The van der Waals surface area contributed by atoms with Gasteiger partial charge in [0.25, 0.3) is 0 Å². The van der Waals surface area contributed by atoms with Gasteiger partial charge in [-0.1, -0.05) is 18.2 Å². The number of likely N-dealkylation sites (tertiary alicyclic amines) is 2. The summed E-state index contributed by atoms with van der Waals surface area (Å²) in [5.74, 6) is 0.535. The number of carbonyl (C=O) groups excluding carboxylic acids is 1. The number of aromatic nitrogens is 2. The van der Waals surface area contributed by atoms with E-state index in [4.69, 9.17) is 0 Å². The van der Waals surface area contributed by atoms with Crippen LogP contribution in [-0.4, -0.2) is 75.9 Å². The van der Waals surface area contributed by atoms with E-state index < -0.39 is 11.7 Å². The van der Waals surface area contributed by atoms with Crippen molar-refractivity contribution in [3.63, 3.8) is 0 Å². The lowest BCUT2D eigenvalue weighted by molar-refractivity contribution is -0.137. The van der Waals surface area contributed by atoms with Crippen molar-refractivity contribution in [2.75, 3.05) is 38.5 Å². The van der Waals surface area contributed by atoms with Crippen molar-refractivity contribution < 1.29 is 18.0 Å². The summed E-state index contributed by atoms with van der Waals surface area (Å²) in [5, 5.41) is 3.28. The van der Waals surface area contributed by atoms with Crippen LogP contribution in [0, 0.1) is 6.92 Å². The van der Waals surface area contributed by atoms with E-state index in [9.17, 15) is 18.0 Å². The number of amides is 1. The minimum absolute atomic E-state index is 0.0601. The predicted molar refractivity (Wildman–Crippen MR) is 163 cm³/mol. The molecule has 3 aromatic rings. The third-order valence-electron chi connectivity index (χ3n) is 8.43. The van der Waals surface area contributed by atoms with E-state index in [2.05, 4.69) is 32.1 Å². The summed E-state index contributed by atoms with van der Waals surface area (Å²) >= 11 is 0. The number of carbonyl (C=O) groups is 1. The lowest BCUT2D eigenvalue weighted by atomic mass is 9.96. The number of nitrogens with one attached hydrogen (secondary N) is 1. The van der Waals surface area contributed by atoms with Gasteiger partial charge in [-0.05, 0) is 100 Å². The van der Waals surface area contributed by atoms with E-state index in [0.29, 0.717) is 24.0 Å². The first kappa shape index (κ1) is 30.7. The Morgan fingerprint density at radius 1 is 1.00 bits per heavy atom. The van der Waals surface area contributed by atoms with Crippen molar-refractivity contribution >= 4 is 23.5 Å². The van der Waals surface area contributed by atoms with Crippen LogP contribution < -0.4 is 5.32 Å². The molecule has 1 aromatic carbocycles. The van der Waals surface area contributed by atoms with Crippen molar-refractivity contribution in [1.29, 1.82) is 0 Å². The summed E-state index contributed by atoms with van der Waals surface area (Å²) in [6.45, 7) is 6.44. The van der Waals surface area contributed by atoms with Gasteiger partial charge in [0, 0.05) is 61.6 Å². The highest BCUT2D eigenvalue weighted by molar-refractivity contribution is 5.92. The molecule has 2 aliphatic heterocycles. The van der Waals surface area contributed by atoms with Crippen molar-refractivity contribution in [2.24, 2.45) is 0 Å². The summed E-state index contributed by atoms with van der Waals surface area (Å²) in [5.41, 5.74) is 2.54. The van der Waals surface area contributed by atoms with Crippen molar-refractivity contribution in [2.45, 2.75) is 57.4 Å². The number of benzene rings is 1. The molecule has 1 amide bonds. The molecule has 7 nitrogen and oxygen atoms in total. The molecular weight excluding hydrogens is 553 g/mol. The summed E-state index contributed by atoms with van der Waals surface area (Å²) in [6, 6.07) is 13.2. The SMILES string of the molecule is Cc1cc(Nc2ccc(CN(C(=O)/C=C/c3ccc(C(F)(F)F)cc3)C3CCN(C4CCN(C)CC4)CC3)cn2)ccn1. The van der Waals surface area contributed by atoms with Crippen molar-refractivity contribution in [3.8, 4) is 0 Å². The largest absolute Gasteiger partial charge is 0.416 e. The van der Waals surface area contributed by atoms with Gasteiger partial charge < -0.3 is 20.0 Å². The zero-order chi connectivity index (χ0) is 30.4. The van der Waals surface area contributed by atoms with Crippen LogP contribution in [0.5, 0.6) is 0 Å². The Labute approximate surface area is 251 Å². The average molecular weight is 593 g/mol. The second-order valence-corrected chi connectivity index (χ2v) is 11.6. The third-order valence-corrected chi connectivity index (χ3v) is 8.43. The molecule has 2 aromatic heterocycles. The van der Waals surface area contributed by atoms with Crippen LogP contribution in [0.25, 0.3) is 6.08 Å². The molecule has 1 N–H and O–H groups in total. The first-order chi connectivity index (χ1) is 20.6. The molecule has 0 unspecified atom stereocenters. The number of piperidine rings is 2. The maximum absolute atomic E-state index is 13.6. The maximum atomic E-state index is 13.6. The van der Waals surface area contributed by atoms with Crippen LogP contribution in [0.15, 0.2) is 67.0 Å². The molecule has 0 spiro atoms. The summed E-state index contributed by atoms with van der Waals surface area (Å²) in [7, 11) is 2.17. The number of pyridine rings is 2. The third kappa shape index (κ3) is 8.42. The van der Waals surface area contributed by atoms with Gasteiger partial charge in [-0.15, -0.1) is 0 Å². The molecule has 10 heteroatoms. The minimum Gasteiger partial charge on any atom is -0.340 e. The van der Waals surface area contributed by atoms with E-state index in [-0.39, 0.29) is 11.9 Å². The van der Waals surface area contributed by atoms with Crippen LogP contribution in [0.3, 0.4) is 0 Å². The Morgan fingerprint density at radius 3 is 2.35 bits per heavy atom. The zero-order valence-electron chi connectivity index (χ0n) is 24.7. The van der Waals surface area contributed by atoms with Gasteiger partial charge in [0.15, 0.2) is 0 Å². The highest BCUT2D eigenvalue weighted by Gasteiger charge is 2.32. The van der Waals surface area contributed by atoms with Gasteiger partial charge in [-0.3, -0.25) is 9.78 Å². The topological polar surface area (TPSA) is 64.6 Å². The van der Waals surface area contributed by atoms with Crippen LogP contribution >= 0.6 is 0 Å². The molecule has 0 bridgehead atoms. The monoisotopic (exact) mass is 592 g/mol. The number of alkyl halides is 3. The van der Waals surface area contributed by atoms with Gasteiger partial charge in [-0.2, -0.15) is 13.2 Å². The molecule has 4 heterocycles. The first-order valence-corrected chi connectivity index (χ1v) is 14.9. The molecule has 5 rings (SSSR count). The normalized spacial score (nSPS) is 17.8. The summed E-state index contributed by atoms with van der Waals surface area (Å²) in [4.78, 5) is 29.2. The lowest BCUT2D eigenvalue weighted by Gasteiger charge is -2.43. The summed E-state index contributed by atoms with van der Waals surface area (Å²) in [6.07, 6.45) is 6.28. The van der Waals surface area contributed by atoms with Crippen LogP contribution in [0.4, 0.5) is 24.7 Å². The van der Waals surface area contributed by atoms with Gasteiger partial charge >= 0.3 is 6.18 Å². The highest BCUT2D eigenvalue weighted by atomic mass is 19.4. The number of nitrogens with zero attached hydrogens (tertiary/aromatic N) is 5. The number of hydrogen-bond acceptors (Lipinski definition) is 6. The molecule has 2 saturated heterocycles. The zero-order valence-corrected chi connectivity index (χ0v) is 24.7. The van der Waals surface area contributed by atoms with Crippen LogP contribution in [0.2, 0.25) is 0 Å². The molecule has 0 saturated carbocycles. The molecule has 0 radical (unpaired) electrons. The van der Waals surface area contributed by atoms with E-state index in [0.717, 1.165) is 68.1 Å². The van der Waals surface area contributed by atoms with Gasteiger partial charge in [0.05, 0.1) is 5.56 Å². The number of rotatable bonds is 8. The fourth-order valence-electron chi connectivity index (χ4n) is 5.92. The summed E-state index contributed by atoms with van der Waals surface area (Å²) < 4.78 is 38.9. The Bertz CT molecular complexity index is 1380.